The van der Waals surface area contributed by atoms with E-state index in [2.05, 4.69) is 31.1 Å². The van der Waals surface area contributed by atoms with Gasteiger partial charge in [0, 0.05) is 12.6 Å². The fourth-order valence-corrected chi connectivity index (χ4v) is 1.72. The Labute approximate surface area is 112 Å². The lowest BCUT2D eigenvalue weighted by Crippen LogP contribution is -2.26. The monoisotopic (exact) mass is 310 g/mol. The molecule has 0 unspecified atom stereocenters. The zero-order valence-corrected chi connectivity index (χ0v) is 11.2. The van der Waals surface area contributed by atoms with E-state index in [1.54, 1.807) is 19.2 Å². The third kappa shape index (κ3) is 2.67. The first kappa shape index (κ1) is 12.6. The summed E-state index contributed by atoms with van der Waals surface area (Å²) in [5.41, 5.74) is 0.415. The van der Waals surface area contributed by atoms with Gasteiger partial charge in [0.1, 0.15) is 17.9 Å². The van der Waals surface area contributed by atoms with Gasteiger partial charge in [0.05, 0.1) is 11.0 Å². The zero-order valence-electron chi connectivity index (χ0n) is 9.59. The van der Waals surface area contributed by atoms with Gasteiger partial charge in [0.2, 0.25) is 0 Å². The quantitative estimate of drug-likeness (QED) is 0.901. The topological polar surface area (TPSA) is 82.1 Å². The number of nitrogens with zero attached hydrogens (tertiary/aromatic N) is 3. The lowest BCUT2D eigenvalue weighted by molar-refractivity contribution is 0.0781. The van der Waals surface area contributed by atoms with Crippen LogP contribution < -0.4 is 0 Å². The molecule has 7 heteroatoms. The van der Waals surface area contributed by atoms with Gasteiger partial charge in [-0.1, -0.05) is 0 Å². The van der Waals surface area contributed by atoms with Gasteiger partial charge in [-0.05, 0) is 34.1 Å². The third-order valence-corrected chi connectivity index (χ3v) is 3.06. The van der Waals surface area contributed by atoms with Crippen molar-refractivity contribution in [2.75, 3.05) is 7.05 Å². The van der Waals surface area contributed by atoms with Crippen molar-refractivity contribution >= 4 is 21.8 Å². The smallest absolute Gasteiger partial charge is 0.254 e. The van der Waals surface area contributed by atoms with Gasteiger partial charge in [0.25, 0.3) is 5.91 Å². The SMILES string of the molecule is CN(Cc1ncn[nH]1)C(=O)c1ccc(Br)c(O)c1. The average Bonchev–Trinajstić information content (AvgIpc) is 2.84. The summed E-state index contributed by atoms with van der Waals surface area (Å²) in [6, 6.07) is 4.69. The summed E-state index contributed by atoms with van der Waals surface area (Å²) < 4.78 is 0.553. The molecule has 0 saturated carbocycles. The Balaban J connectivity index is 2.12. The molecule has 2 aromatic rings. The molecule has 1 heterocycles. The highest BCUT2D eigenvalue weighted by atomic mass is 79.9. The van der Waals surface area contributed by atoms with E-state index >= 15 is 0 Å². The summed E-state index contributed by atoms with van der Waals surface area (Å²) in [4.78, 5) is 17.5. The van der Waals surface area contributed by atoms with Gasteiger partial charge in [0.15, 0.2) is 0 Å². The molecule has 0 saturated heterocycles. The predicted molar refractivity (Wildman–Crippen MR) is 68.0 cm³/mol. The van der Waals surface area contributed by atoms with Gasteiger partial charge < -0.3 is 10.0 Å². The molecule has 6 nitrogen and oxygen atoms in total. The van der Waals surface area contributed by atoms with Crippen LogP contribution in [0.4, 0.5) is 0 Å². The number of aromatic hydroxyl groups is 1. The highest BCUT2D eigenvalue weighted by molar-refractivity contribution is 9.10. The lowest BCUT2D eigenvalue weighted by atomic mass is 10.2. The number of phenolic OH excluding ortho intramolecular Hbond substituents is 1. The molecule has 1 aromatic carbocycles. The Morgan fingerprint density at radius 1 is 1.56 bits per heavy atom. The molecule has 0 fully saturated rings. The minimum atomic E-state index is -0.200. The maximum atomic E-state index is 12.1. The molecular formula is C11H11BrN4O2. The first-order valence-electron chi connectivity index (χ1n) is 5.16. The van der Waals surface area contributed by atoms with Crippen molar-refractivity contribution in [2.45, 2.75) is 6.54 Å². The van der Waals surface area contributed by atoms with Crippen LogP contribution >= 0.6 is 15.9 Å². The summed E-state index contributed by atoms with van der Waals surface area (Å²) in [6.07, 6.45) is 1.39. The minimum absolute atomic E-state index is 0.0360. The average molecular weight is 311 g/mol. The Kier molecular flexibility index (Phi) is 3.61. The molecular weight excluding hydrogens is 300 g/mol. The second-order valence-electron chi connectivity index (χ2n) is 3.76. The van der Waals surface area contributed by atoms with Crippen LogP contribution in [0.15, 0.2) is 29.0 Å². The van der Waals surface area contributed by atoms with Crippen LogP contribution in [0.5, 0.6) is 5.75 Å². The van der Waals surface area contributed by atoms with Crippen molar-refractivity contribution in [3.05, 3.63) is 40.4 Å². The molecule has 18 heavy (non-hydrogen) atoms. The van der Waals surface area contributed by atoms with Gasteiger partial charge in [-0.15, -0.1) is 0 Å². The normalized spacial score (nSPS) is 10.3. The number of nitrogens with one attached hydrogen (secondary N) is 1. The molecule has 0 aliphatic rings. The van der Waals surface area contributed by atoms with E-state index in [9.17, 15) is 9.90 Å². The Hall–Kier alpha value is -1.89. The molecule has 0 radical (unpaired) electrons. The number of hydrogen-bond donors (Lipinski definition) is 2. The van der Waals surface area contributed by atoms with Gasteiger partial charge in [-0.2, -0.15) is 5.10 Å². The van der Waals surface area contributed by atoms with E-state index in [-0.39, 0.29) is 11.7 Å². The van der Waals surface area contributed by atoms with Crippen molar-refractivity contribution in [3.63, 3.8) is 0 Å². The number of phenols is 1. The van der Waals surface area contributed by atoms with Crippen LogP contribution in [0.3, 0.4) is 0 Å². The highest BCUT2D eigenvalue weighted by Crippen LogP contribution is 2.24. The number of hydrogen-bond acceptors (Lipinski definition) is 4. The predicted octanol–water partition coefficient (Wildman–Crippen LogP) is 1.54. The van der Waals surface area contributed by atoms with Crippen LogP contribution in [0.25, 0.3) is 0 Å². The Morgan fingerprint density at radius 2 is 2.33 bits per heavy atom. The second-order valence-corrected chi connectivity index (χ2v) is 4.61. The molecule has 2 N–H and O–H groups in total. The van der Waals surface area contributed by atoms with Gasteiger partial charge in [-0.3, -0.25) is 9.89 Å². The largest absolute Gasteiger partial charge is 0.507 e. The number of aromatic nitrogens is 3. The van der Waals surface area contributed by atoms with Gasteiger partial charge in [-0.25, -0.2) is 4.98 Å². The molecule has 0 aliphatic heterocycles. The summed E-state index contributed by atoms with van der Waals surface area (Å²) in [5.74, 6) is 0.440. The van der Waals surface area contributed by atoms with Crippen LogP contribution in [0.2, 0.25) is 0 Å². The number of halogens is 1. The molecule has 94 valence electrons. The number of rotatable bonds is 3. The van der Waals surface area contributed by atoms with Crippen molar-refractivity contribution in [3.8, 4) is 5.75 Å². The van der Waals surface area contributed by atoms with E-state index in [4.69, 9.17) is 0 Å². The molecule has 1 amide bonds. The van der Waals surface area contributed by atoms with Crippen molar-refractivity contribution in [2.24, 2.45) is 0 Å². The van der Waals surface area contributed by atoms with E-state index in [0.29, 0.717) is 22.4 Å². The van der Waals surface area contributed by atoms with Crippen LogP contribution in [-0.2, 0) is 6.54 Å². The van der Waals surface area contributed by atoms with Crippen LogP contribution in [-0.4, -0.2) is 38.1 Å². The number of H-pyrrole nitrogens is 1. The summed E-state index contributed by atoms with van der Waals surface area (Å²) in [6.45, 7) is 0.329. The van der Waals surface area contributed by atoms with Crippen LogP contribution in [0.1, 0.15) is 16.2 Å². The summed E-state index contributed by atoms with van der Waals surface area (Å²) >= 11 is 3.17. The molecule has 0 bridgehead atoms. The number of carbonyl (C=O) groups excluding carboxylic acids is 1. The number of carbonyl (C=O) groups is 1. The molecule has 0 spiro atoms. The van der Waals surface area contributed by atoms with E-state index in [1.807, 2.05) is 0 Å². The number of amides is 1. The highest BCUT2D eigenvalue weighted by Gasteiger charge is 2.14. The second kappa shape index (κ2) is 5.18. The zero-order chi connectivity index (χ0) is 13.1. The lowest BCUT2D eigenvalue weighted by Gasteiger charge is -2.15. The summed E-state index contributed by atoms with van der Waals surface area (Å²) in [5, 5.41) is 15.9. The van der Waals surface area contributed by atoms with Crippen molar-refractivity contribution in [1.82, 2.24) is 20.1 Å². The Morgan fingerprint density at radius 3 is 2.94 bits per heavy atom. The fraction of sp³-hybridized carbons (Fsp3) is 0.182. The first-order valence-corrected chi connectivity index (χ1v) is 5.95. The molecule has 0 atom stereocenters. The van der Waals surface area contributed by atoms with E-state index in [0.717, 1.165) is 0 Å². The summed E-state index contributed by atoms with van der Waals surface area (Å²) in [7, 11) is 1.66. The minimum Gasteiger partial charge on any atom is -0.507 e. The van der Waals surface area contributed by atoms with E-state index in [1.165, 1.54) is 17.3 Å². The van der Waals surface area contributed by atoms with E-state index < -0.39 is 0 Å². The number of benzene rings is 1. The fourth-order valence-electron chi connectivity index (χ4n) is 1.47. The molecule has 0 aliphatic carbocycles. The first-order chi connectivity index (χ1) is 8.58. The van der Waals surface area contributed by atoms with Crippen molar-refractivity contribution < 1.29 is 9.90 Å². The maximum Gasteiger partial charge on any atom is 0.254 e. The number of aromatic amines is 1. The third-order valence-electron chi connectivity index (χ3n) is 2.39. The van der Waals surface area contributed by atoms with Crippen molar-refractivity contribution in [1.29, 1.82) is 0 Å². The van der Waals surface area contributed by atoms with Crippen LogP contribution in [0, 0.1) is 0 Å². The molecule has 1 aromatic heterocycles. The van der Waals surface area contributed by atoms with Gasteiger partial charge >= 0.3 is 0 Å². The standard InChI is InChI=1S/C11H11BrN4O2/c1-16(5-10-13-6-14-15-10)11(18)7-2-3-8(12)9(17)4-7/h2-4,6,17H,5H2,1H3,(H,13,14,15). The molecule has 2 rings (SSSR count). The maximum absolute atomic E-state index is 12.1. The Bertz CT molecular complexity index is 556.